The first-order valence-corrected chi connectivity index (χ1v) is 3.62. The highest BCUT2D eigenvalue weighted by Gasteiger charge is 1.82. The van der Waals surface area contributed by atoms with Crippen molar-refractivity contribution in [2.45, 2.75) is 19.8 Å². The Balaban J connectivity index is 3.27. The van der Waals surface area contributed by atoms with Crippen molar-refractivity contribution in [3.8, 4) is 0 Å². The van der Waals surface area contributed by atoms with E-state index in [1.807, 2.05) is 19.1 Å². The van der Waals surface area contributed by atoms with Crippen LogP contribution < -0.4 is 0 Å². The second-order valence-corrected chi connectivity index (χ2v) is 2.23. The van der Waals surface area contributed by atoms with E-state index in [-0.39, 0.29) is 0 Å². The summed E-state index contributed by atoms with van der Waals surface area (Å²) in [5, 5.41) is -0.402. The fourth-order valence-corrected chi connectivity index (χ4v) is 0.624. The van der Waals surface area contributed by atoms with Gasteiger partial charge in [-0.15, -0.1) is 0 Å². The first kappa shape index (κ1) is 9.44. The van der Waals surface area contributed by atoms with Gasteiger partial charge >= 0.3 is 0 Å². The van der Waals surface area contributed by atoms with Crippen LogP contribution in [0, 0.1) is 0 Å². The molecule has 0 aliphatic carbocycles. The second kappa shape index (κ2) is 6.56. The largest absolute Gasteiger partial charge is 0.276 e. The Hall–Kier alpha value is -0.560. The molecular formula is C8H11ClO. The van der Waals surface area contributed by atoms with Gasteiger partial charge in [-0.3, -0.25) is 4.79 Å². The van der Waals surface area contributed by atoms with Crippen molar-refractivity contribution >= 4 is 16.8 Å². The van der Waals surface area contributed by atoms with Gasteiger partial charge in [0.2, 0.25) is 5.24 Å². The average molecular weight is 159 g/mol. The van der Waals surface area contributed by atoms with Crippen LogP contribution in [0.4, 0.5) is 0 Å². The molecule has 0 aromatic carbocycles. The Bertz CT molecular complexity index is 147. The molecule has 0 unspecified atom stereocenters. The molecular weight excluding hydrogens is 148 g/mol. The zero-order valence-electron chi connectivity index (χ0n) is 6.01. The lowest BCUT2D eigenvalue weighted by molar-refractivity contribution is -0.107. The molecule has 0 rings (SSSR count). The van der Waals surface area contributed by atoms with Crippen molar-refractivity contribution in [3.05, 3.63) is 24.3 Å². The average Bonchev–Trinajstić information content (AvgIpc) is 1.87. The fraction of sp³-hybridized carbons (Fsp3) is 0.375. The van der Waals surface area contributed by atoms with Crippen LogP contribution in [-0.4, -0.2) is 5.24 Å². The summed E-state index contributed by atoms with van der Waals surface area (Å²) in [6, 6.07) is 0. The molecule has 0 fully saturated rings. The molecule has 0 aliphatic heterocycles. The maximum Gasteiger partial charge on any atom is 0.244 e. The zero-order chi connectivity index (χ0) is 7.82. The Morgan fingerprint density at radius 3 is 2.50 bits per heavy atom. The highest BCUT2D eigenvalue weighted by molar-refractivity contribution is 6.66. The third kappa shape index (κ3) is 7.44. The lowest BCUT2D eigenvalue weighted by Crippen LogP contribution is -1.74. The Morgan fingerprint density at radius 2 is 2.00 bits per heavy atom. The Labute approximate surface area is 66.4 Å². The van der Waals surface area contributed by atoms with Crippen LogP contribution in [-0.2, 0) is 4.79 Å². The number of carbonyl (C=O) groups excluding carboxylic acids is 1. The molecule has 1 nitrogen and oxygen atoms in total. The molecule has 0 atom stereocenters. The fourth-order valence-electron chi connectivity index (χ4n) is 0.535. The predicted octanol–water partition coefficient (Wildman–Crippen LogP) is 2.66. The first-order valence-electron chi connectivity index (χ1n) is 3.24. The summed E-state index contributed by atoms with van der Waals surface area (Å²) in [5.41, 5.74) is 0. The maximum absolute atomic E-state index is 10.1. The summed E-state index contributed by atoms with van der Waals surface area (Å²) < 4.78 is 0. The van der Waals surface area contributed by atoms with Gasteiger partial charge in [0.05, 0.1) is 0 Å². The SMILES string of the molecule is C/C=C/CC/C=C/C(=O)Cl. The Kier molecular flexibility index (Phi) is 6.19. The highest BCUT2D eigenvalue weighted by atomic mass is 35.5. The van der Waals surface area contributed by atoms with E-state index in [1.54, 1.807) is 6.08 Å². The summed E-state index contributed by atoms with van der Waals surface area (Å²) in [6.07, 6.45) is 9.03. The quantitative estimate of drug-likeness (QED) is 0.266. The van der Waals surface area contributed by atoms with Gasteiger partial charge in [0.25, 0.3) is 0 Å². The van der Waals surface area contributed by atoms with E-state index in [0.29, 0.717) is 0 Å². The number of unbranched alkanes of at least 4 members (excludes halogenated alkanes) is 1. The van der Waals surface area contributed by atoms with E-state index in [2.05, 4.69) is 0 Å². The Morgan fingerprint density at radius 1 is 1.40 bits per heavy atom. The van der Waals surface area contributed by atoms with Gasteiger partial charge in [0, 0.05) is 0 Å². The molecule has 0 aromatic heterocycles. The van der Waals surface area contributed by atoms with Crippen LogP contribution in [0.1, 0.15) is 19.8 Å². The molecule has 2 heteroatoms. The molecule has 56 valence electrons. The molecule has 0 N–H and O–H groups in total. The highest BCUT2D eigenvalue weighted by Crippen LogP contribution is 1.93. The molecule has 0 aliphatic rings. The van der Waals surface area contributed by atoms with Crippen molar-refractivity contribution < 1.29 is 4.79 Å². The van der Waals surface area contributed by atoms with Gasteiger partial charge < -0.3 is 0 Å². The van der Waals surface area contributed by atoms with E-state index in [4.69, 9.17) is 11.6 Å². The van der Waals surface area contributed by atoms with E-state index in [9.17, 15) is 4.79 Å². The summed E-state index contributed by atoms with van der Waals surface area (Å²) in [7, 11) is 0. The number of halogens is 1. The normalized spacial score (nSPS) is 11.4. The minimum Gasteiger partial charge on any atom is -0.276 e. The van der Waals surface area contributed by atoms with Crippen LogP contribution >= 0.6 is 11.6 Å². The molecule has 0 saturated heterocycles. The molecule has 0 radical (unpaired) electrons. The zero-order valence-corrected chi connectivity index (χ0v) is 6.77. The number of hydrogen-bond donors (Lipinski definition) is 0. The van der Waals surface area contributed by atoms with Crippen LogP contribution in [0.25, 0.3) is 0 Å². The van der Waals surface area contributed by atoms with Crippen LogP contribution in [0.5, 0.6) is 0 Å². The van der Waals surface area contributed by atoms with E-state index in [1.165, 1.54) is 6.08 Å². The van der Waals surface area contributed by atoms with Gasteiger partial charge in [0.1, 0.15) is 0 Å². The second-order valence-electron chi connectivity index (χ2n) is 1.85. The molecule has 0 heterocycles. The smallest absolute Gasteiger partial charge is 0.244 e. The predicted molar refractivity (Wildman–Crippen MR) is 44.0 cm³/mol. The number of hydrogen-bond acceptors (Lipinski definition) is 1. The van der Waals surface area contributed by atoms with Gasteiger partial charge in [-0.1, -0.05) is 18.2 Å². The van der Waals surface area contributed by atoms with E-state index >= 15 is 0 Å². The first-order chi connectivity index (χ1) is 4.77. The van der Waals surface area contributed by atoms with Gasteiger partial charge in [-0.25, -0.2) is 0 Å². The summed E-state index contributed by atoms with van der Waals surface area (Å²) in [4.78, 5) is 10.1. The van der Waals surface area contributed by atoms with Crippen molar-refractivity contribution in [3.63, 3.8) is 0 Å². The van der Waals surface area contributed by atoms with E-state index in [0.717, 1.165) is 12.8 Å². The summed E-state index contributed by atoms with van der Waals surface area (Å²) in [6.45, 7) is 1.97. The minimum atomic E-state index is -0.402. The van der Waals surface area contributed by atoms with Crippen molar-refractivity contribution in [1.29, 1.82) is 0 Å². The monoisotopic (exact) mass is 158 g/mol. The molecule has 0 bridgehead atoms. The maximum atomic E-state index is 10.1. The lowest BCUT2D eigenvalue weighted by Gasteiger charge is -1.82. The van der Waals surface area contributed by atoms with E-state index < -0.39 is 5.24 Å². The topological polar surface area (TPSA) is 17.1 Å². The molecule has 10 heavy (non-hydrogen) atoms. The third-order valence-electron chi connectivity index (χ3n) is 0.985. The van der Waals surface area contributed by atoms with Crippen molar-refractivity contribution in [1.82, 2.24) is 0 Å². The van der Waals surface area contributed by atoms with Gasteiger partial charge in [-0.05, 0) is 37.4 Å². The molecule has 0 aromatic rings. The van der Waals surface area contributed by atoms with Crippen LogP contribution in [0.15, 0.2) is 24.3 Å². The van der Waals surface area contributed by atoms with Crippen LogP contribution in [0.2, 0.25) is 0 Å². The molecule has 0 amide bonds. The van der Waals surface area contributed by atoms with Crippen LogP contribution in [0.3, 0.4) is 0 Å². The summed E-state index contributed by atoms with van der Waals surface area (Å²) in [5.74, 6) is 0. The standard InChI is InChI=1S/C8H11ClO/c1-2-3-4-5-6-7-8(9)10/h2-3,6-7H,4-5H2,1H3/b3-2+,7-6+. The lowest BCUT2D eigenvalue weighted by atomic mass is 10.3. The van der Waals surface area contributed by atoms with Gasteiger partial charge in [-0.2, -0.15) is 0 Å². The van der Waals surface area contributed by atoms with Crippen molar-refractivity contribution in [2.24, 2.45) is 0 Å². The van der Waals surface area contributed by atoms with Crippen molar-refractivity contribution in [2.75, 3.05) is 0 Å². The minimum absolute atomic E-state index is 0.402. The number of rotatable bonds is 4. The summed E-state index contributed by atoms with van der Waals surface area (Å²) >= 11 is 5.05. The molecule has 0 saturated carbocycles. The number of allylic oxidation sites excluding steroid dienone is 4. The number of carbonyl (C=O) groups is 1. The van der Waals surface area contributed by atoms with Gasteiger partial charge in [0.15, 0.2) is 0 Å². The third-order valence-corrected chi connectivity index (χ3v) is 1.11. The molecule has 0 spiro atoms.